The second-order valence-corrected chi connectivity index (χ2v) is 8.66. The number of nitrogens with zero attached hydrogens (tertiary/aromatic N) is 1. The molecule has 1 amide bonds. The minimum Gasteiger partial charge on any atom is -0.356 e. The van der Waals surface area contributed by atoms with Crippen LogP contribution < -0.4 is 16.0 Å². The smallest absolute Gasteiger partial charge is 0.225 e. The number of benzene rings is 2. The van der Waals surface area contributed by atoms with E-state index in [1.54, 1.807) is 37.4 Å². The fourth-order valence-electron chi connectivity index (χ4n) is 3.17. The third-order valence-electron chi connectivity index (χ3n) is 4.61. The molecule has 0 spiro atoms. The van der Waals surface area contributed by atoms with E-state index in [4.69, 9.17) is 0 Å². The van der Waals surface area contributed by atoms with Crippen molar-refractivity contribution in [3.63, 3.8) is 0 Å². The van der Waals surface area contributed by atoms with Crippen LogP contribution in [-0.4, -0.2) is 46.2 Å². The van der Waals surface area contributed by atoms with Crippen LogP contribution in [-0.2, 0) is 14.6 Å². The van der Waals surface area contributed by atoms with Crippen LogP contribution >= 0.6 is 0 Å². The highest BCUT2D eigenvalue weighted by molar-refractivity contribution is 7.91. The van der Waals surface area contributed by atoms with E-state index in [2.05, 4.69) is 20.9 Å². The first-order chi connectivity index (χ1) is 13.5. The molecule has 0 fully saturated rings. The molecule has 1 atom stereocenters. The number of rotatable bonds is 6. The van der Waals surface area contributed by atoms with E-state index in [1.165, 1.54) is 0 Å². The summed E-state index contributed by atoms with van der Waals surface area (Å²) >= 11 is 0. The number of para-hydroxylation sites is 1. The Bertz CT molecular complexity index is 958. The minimum absolute atomic E-state index is 0.0117. The van der Waals surface area contributed by atoms with E-state index >= 15 is 0 Å². The number of carbonyl (C=O) groups is 1. The van der Waals surface area contributed by atoms with Crippen molar-refractivity contribution in [3.8, 4) is 0 Å². The van der Waals surface area contributed by atoms with Crippen LogP contribution in [0.5, 0.6) is 0 Å². The predicted octanol–water partition coefficient (Wildman–Crippen LogP) is 1.75. The Morgan fingerprint density at radius 3 is 2.57 bits per heavy atom. The molecule has 3 rings (SSSR count). The first kappa shape index (κ1) is 19.9. The van der Waals surface area contributed by atoms with Crippen molar-refractivity contribution in [2.24, 2.45) is 4.99 Å². The molecule has 2 aromatic carbocycles. The van der Waals surface area contributed by atoms with Crippen molar-refractivity contribution in [2.45, 2.75) is 17.2 Å². The molecule has 8 heteroatoms. The lowest BCUT2D eigenvalue weighted by Gasteiger charge is -2.26. The monoisotopic (exact) mass is 400 g/mol. The molecule has 0 aromatic heterocycles. The molecule has 1 heterocycles. The van der Waals surface area contributed by atoms with Gasteiger partial charge in [-0.3, -0.25) is 9.79 Å². The Morgan fingerprint density at radius 2 is 1.82 bits per heavy atom. The van der Waals surface area contributed by atoms with Crippen LogP contribution in [0.1, 0.15) is 17.9 Å². The topological polar surface area (TPSA) is 99.7 Å². The number of nitrogens with one attached hydrogen (secondary N) is 3. The summed E-state index contributed by atoms with van der Waals surface area (Å²) in [6.45, 7) is 0.758. The molecule has 3 N–H and O–H groups in total. The molecule has 0 radical (unpaired) electrons. The standard InChI is InChI=1S/C20H24N4O3S/c1-21-20(22-11-12-28(26,27)16-7-3-2-4-8-16)23-14-15-13-19(25)24-18-10-6-5-9-17(15)18/h2-10,15H,11-14H2,1H3,(H,24,25)(H2,21,22,23). The van der Waals surface area contributed by atoms with Crippen LogP contribution in [0.4, 0.5) is 5.69 Å². The largest absolute Gasteiger partial charge is 0.356 e. The zero-order valence-corrected chi connectivity index (χ0v) is 16.5. The Kier molecular flexibility index (Phi) is 6.30. The zero-order valence-electron chi connectivity index (χ0n) is 15.7. The van der Waals surface area contributed by atoms with Crippen LogP contribution in [0.25, 0.3) is 0 Å². The Labute approximate surface area is 165 Å². The van der Waals surface area contributed by atoms with Crippen molar-refractivity contribution < 1.29 is 13.2 Å². The number of fused-ring (bicyclic) bond motifs is 1. The molecule has 0 saturated carbocycles. The fourth-order valence-corrected chi connectivity index (χ4v) is 4.35. The van der Waals surface area contributed by atoms with E-state index in [9.17, 15) is 13.2 Å². The van der Waals surface area contributed by atoms with Gasteiger partial charge in [0.25, 0.3) is 0 Å². The van der Waals surface area contributed by atoms with E-state index in [0.717, 1.165) is 11.3 Å². The van der Waals surface area contributed by atoms with Gasteiger partial charge in [0, 0.05) is 38.2 Å². The molecule has 28 heavy (non-hydrogen) atoms. The maximum absolute atomic E-state index is 12.3. The molecule has 0 saturated heterocycles. The molecule has 1 aliphatic rings. The summed E-state index contributed by atoms with van der Waals surface area (Å²) in [6, 6.07) is 16.1. The number of hydrogen-bond acceptors (Lipinski definition) is 4. The lowest BCUT2D eigenvalue weighted by Crippen LogP contribution is -2.42. The van der Waals surface area contributed by atoms with Crippen molar-refractivity contribution in [1.82, 2.24) is 10.6 Å². The zero-order chi connectivity index (χ0) is 20.0. The van der Waals surface area contributed by atoms with E-state index in [1.807, 2.05) is 24.3 Å². The quantitative estimate of drug-likeness (QED) is 0.507. The van der Waals surface area contributed by atoms with Gasteiger partial charge in [-0.1, -0.05) is 36.4 Å². The van der Waals surface area contributed by atoms with Crippen LogP contribution in [0.2, 0.25) is 0 Å². The van der Waals surface area contributed by atoms with Gasteiger partial charge in [-0.15, -0.1) is 0 Å². The number of sulfone groups is 1. The average molecular weight is 401 g/mol. The van der Waals surface area contributed by atoms with Gasteiger partial charge in [0.05, 0.1) is 10.6 Å². The van der Waals surface area contributed by atoms with Crippen molar-refractivity contribution >= 4 is 27.4 Å². The Balaban J connectivity index is 1.54. The lowest BCUT2D eigenvalue weighted by molar-refractivity contribution is -0.116. The SMILES string of the molecule is CN=C(NCCS(=O)(=O)c1ccccc1)NCC1CC(=O)Nc2ccccc21. The summed E-state index contributed by atoms with van der Waals surface area (Å²) < 4.78 is 24.7. The number of amides is 1. The average Bonchev–Trinajstić information content (AvgIpc) is 2.70. The van der Waals surface area contributed by atoms with Crippen molar-refractivity contribution in [3.05, 3.63) is 60.2 Å². The van der Waals surface area contributed by atoms with Gasteiger partial charge in [-0.25, -0.2) is 8.42 Å². The third kappa shape index (κ3) is 4.89. The Hall–Kier alpha value is -2.87. The predicted molar refractivity (Wildman–Crippen MR) is 110 cm³/mol. The van der Waals surface area contributed by atoms with Crippen molar-refractivity contribution in [2.75, 3.05) is 31.2 Å². The molecule has 0 aliphatic carbocycles. The van der Waals surface area contributed by atoms with E-state index < -0.39 is 9.84 Å². The number of aliphatic imine (C=N–C) groups is 1. The highest BCUT2D eigenvalue weighted by Gasteiger charge is 2.24. The molecule has 7 nitrogen and oxygen atoms in total. The fraction of sp³-hybridized carbons (Fsp3) is 0.300. The van der Waals surface area contributed by atoms with Crippen molar-refractivity contribution in [1.29, 1.82) is 0 Å². The highest BCUT2D eigenvalue weighted by atomic mass is 32.2. The van der Waals surface area contributed by atoms with E-state index in [0.29, 0.717) is 23.8 Å². The molecule has 0 bridgehead atoms. The van der Waals surface area contributed by atoms with Gasteiger partial charge in [-0.05, 0) is 23.8 Å². The Morgan fingerprint density at radius 1 is 1.11 bits per heavy atom. The van der Waals surface area contributed by atoms with Crippen LogP contribution in [0, 0.1) is 0 Å². The minimum atomic E-state index is -3.35. The maximum Gasteiger partial charge on any atom is 0.225 e. The number of anilines is 1. The summed E-state index contributed by atoms with van der Waals surface area (Å²) in [5.74, 6) is 0.484. The molecule has 1 unspecified atom stereocenters. The lowest BCUT2D eigenvalue weighted by atomic mass is 9.90. The maximum atomic E-state index is 12.3. The number of carbonyl (C=O) groups excluding carboxylic acids is 1. The number of hydrogen-bond donors (Lipinski definition) is 3. The van der Waals surface area contributed by atoms with E-state index in [-0.39, 0.29) is 24.1 Å². The summed E-state index contributed by atoms with van der Waals surface area (Å²) in [5, 5.41) is 9.10. The summed E-state index contributed by atoms with van der Waals surface area (Å²) in [6.07, 6.45) is 0.392. The van der Waals surface area contributed by atoms with Gasteiger partial charge >= 0.3 is 0 Å². The third-order valence-corrected chi connectivity index (χ3v) is 6.34. The van der Waals surface area contributed by atoms with Crippen LogP contribution in [0.15, 0.2) is 64.5 Å². The van der Waals surface area contributed by atoms with Gasteiger partial charge in [-0.2, -0.15) is 0 Å². The molecule has 1 aliphatic heterocycles. The highest BCUT2D eigenvalue weighted by Crippen LogP contribution is 2.31. The summed E-state index contributed by atoms with van der Waals surface area (Å²) in [4.78, 5) is 16.4. The molecule has 2 aromatic rings. The van der Waals surface area contributed by atoms with Gasteiger partial charge in [0.2, 0.25) is 5.91 Å². The molecule has 148 valence electrons. The molecular formula is C20H24N4O3S. The summed E-state index contributed by atoms with van der Waals surface area (Å²) in [7, 11) is -1.72. The first-order valence-corrected chi connectivity index (χ1v) is 10.8. The number of guanidine groups is 1. The molecular weight excluding hydrogens is 376 g/mol. The second kappa shape index (κ2) is 8.88. The first-order valence-electron chi connectivity index (χ1n) is 9.10. The normalized spacial score (nSPS) is 16.8. The van der Waals surface area contributed by atoms with Crippen LogP contribution in [0.3, 0.4) is 0 Å². The van der Waals surface area contributed by atoms with Gasteiger partial charge in [0.1, 0.15) is 0 Å². The summed E-state index contributed by atoms with van der Waals surface area (Å²) in [5.41, 5.74) is 1.92. The van der Waals surface area contributed by atoms with Gasteiger partial charge in [0.15, 0.2) is 15.8 Å². The second-order valence-electron chi connectivity index (χ2n) is 6.55. The van der Waals surface area contributed by atoms with Gasteiger partial charge < -0.3 is 16.0 Å².